The molecule has 2 heterocycles. The quantitative estimate of drug-likeness (QED) is 0.584. The van der Waals surface area contributed by atoms with Crippen molar-refractivity contribution in [3.63, 3.8) is 0 Å². The number of carboxylic acids is 1. The molecular weight excluding hydrogens is 398 g/mol. The lowest BCUT2D eigenvalue weighted by atomic mass is 10.1. The van der Waals surface area contributed by atoms with Gasteiger partial charge < -0.3 is 14.8 Å². The van der Waals surface area contributed by atoms with Crippen molar-refractivity contribution in [1.29, 1.82) is 0 Å². The minimum atomic E-state index is -0.952. The van der Waals surface area contributed by atoms with Crippen molar-refractivity contribution >= 4 is 33.4 Å². The maximum atomic E-state index is 11.0. The summed E-state index contributed by atoms with van der Waals surface area (Å²) in [7, 11) is 0. The number of hydrogen-bond acceptors (Lipinski definition) is 5. The summed E-state index contributed by atoms with van der Waals surface area (Å²) in [6, 6.07) is 10.2. The number of anilines is 2. The van der Waals surface area contributed by atoms with E-state index in [1.54, 1.807) is 30.3 Å². The molecule has 134 valence electrons. The van der Waals surface area contributed by atoms with Crippen molar-refractivity contribution in [2.45, 2.75) is 26.7 Å². The Morgan fingerprint density at radius 2 is 1.85 bits per heavy atom. The average molecular weight is 416 g/mol. The number of carbonyl (C=O) groups is 1. The van der Waals surface area contributed by atoms with Crippen LogP contribution in [0.15, 0.2) is 45.5 Å². The summed E-state index contributed by atoms with van der Waals surface area (Å²) >= 11 is 3.30. The molecule has 26 heavy (non-hydrogen) atoms. The Bertz CT molecular complexity index is 936. The Kier molecular flexibility index (Phi) is 5.37. The van der Waals surface area contributed by atoms with Gasteiger partial charge in [0.1, 0.15) is 5.82 Å². The predicted octanol–water partition coefficient (Wildman–Crippen LogP) is 5.07. The van der Waals surface area contributed by atoms with Crippen LogP contribution in [0, 0.1) is 0 Å². The van der Waals surface area contributed by atoms with Crippen LogP contribution in [0.25, 0.3) is 11.6 Å². The van der Waals surface area contributed by atoms with Crippen molar-refractivity contribution in [2.24, 2.45) is 0 Å². The highest BCUT2D eigenvalue weighted by Crippen LogP contribution is 2.28. The van der Waals surface area contributed by atoms with Gasteiger partial charge in [-0.3, -0.25) is 0 Å². The summed E-state index contributed by atoms with van der Waals surface area (Å²) in [6.07, 6.45) is 1.55. The molecule has 0 aliphatic carbocycles. The lowest BCUT2D eigenvalue weighted by molar-refractivity contribution is 0.0697. The molecule has 6 nitrogen and oxygen atoms in total. The van der Waals surface area contributed by atoms with E-state index in [2.05, 4.69) is 45.1 Å². The fourth-order valence-corrected chi connectivity index (χ4v) is 2.98. The smallest absolute Gasteiger partial charge is 0.335 e. The molecule has 0 saturated carbocycles. The molecule has 3 aromatic rings. The van der Waals surface area contributed by atoms with Crippen molar-refractivity contribution in [3.05, 3.63) is 57.9 Å². The van der Waals surface area contributed by atoms with Gasteiger partial charge in [-0.2, -0.15) is 0 Å². The summed E-state index contributed by atoms with van der Waals surface area (Å²) in [4.78, 5) is 20.3. The van der Waals surface area contributed by atoms with E-state index >= 15 is 0 Å². The molecule has 0 atom stereocenters. The number of aryl methyl sites for hydroxylation is 1. The Morgan fingerprint density at radius 3 is 2.38 bits per heavy atom. The molecule has 0 aliphatic rings. The van der Waals surface area contributed by atoms with Crippen molar-refractivity contribution in [1.82, 2.24) is 9.97 Å². The molecule has 0 spiro atoms. The van der Waals surface area contributed by atoms with Crippen LogP contribution in [0.2, 0.25) is 0 Å². The van der Waals surface area contributed by atoms with E-state index in [0.717, 1.165) is 29.8 Å². The lowest BCUT2D eigenvalue weighted by Crippen LogP contribution is -2.07. The normalized spacial score (nSPS) is 10.7. The molecule has 0 bridgehead atoms. The van der Waals surface area contributed by atoms with Crippen molar-refractivity contribution in [2.75, 3.05) is 5.32 Å². The van der Waals surface area contributed by atoms with Crippen LogP contribution in [-0.2, 0) is 12.8 Å². The molecule has 0 aliphatic heterocycles. The third kappa shape index (κ3) is 3.77. The molecule has 0 unspecified atom stereocenters. The topological polar surface area (TPSA) is 88.3 Å². The van der Waals surface area contributed by atoms with Gasteiger partial charge in [0.15, 0.2) is 16.3 Å². The second-order valence-corrected chi connectivity index (χ2v) is 6.42. The Hall–Kier alpha value is -2.67. The predicted molar refractivity (Wildman–Crippen MR) is 103 cm³/mol. The molecule has 2 aromatic heterocycles. The number of nitrogens with one attached hydrogen (secondary N) is 1. The number of benzene rings is 1. The average Bonchev–Trinajstić information content (AvgIpc) is 3.08. The van der Waals surface area contributed by atoms with Crippen LogP contribution in [0.3, 0.4) is 0 Å². The molecule has 0 fully saturated rings. The number of carboxylic acid groups (broad SMARTS) is 1. The highest BCUT2D eigenvalue weighted by molar-refractivity contribution is 9.10. The van der Waals surface area contributed by atoms with E-state index in [9.17, 15) is 4.79 Å². The summed E-state index contributed by atoms with van der Waals surface area (Å²) in [5, 5.41) is 12.3. The van der Waals surface area contributed by atoms with Crippen LogP contribution in [0.5, 0.6) is 0 Å². The first kappa shape index (κ1) is 18.1. The van der Waals surface area contributed by atoms with Gasteiger partial charge in [-0.25, -0.2) is 14.8 Å². The summed E-state index contributed by atoms with van der Waals surface area (Å²) in [5.41, 5.74) is 2.99. The van der Waals surface area contributed by atoms with Crippen LogP contribution >= 0.6 is 15.9 Å². The lowest BCUT2D eigenvalue weighted by Gasteiger charge is -2.14. The standard InChI is InChI=1S/C19H18BrN3O3/c1-3-13-14(4-2)22-18(15-9-10-16(20)26-15)23-17(13)21-12-7-5-11(6-8-12)19(24)25/h5-10H,3-4H2,1-2H3,(H,24,25)(H,21,22,23). The Morgan fingerprint density at radius 1 is 1.12 bits per heavy atom. The third-order valence-corrected chi connectivity index (χ3v) is 4.40. The second-order valence-electron chi connectivity index (χ2n) is 5.64. The van der Waals surface area contributed by atoms with Gasteiger partial charge in [0, 0.05) is 16.9 Å². The minimum absolute atomic E-state index is 0.240. The molecule has 2 N–H and O–H groups in total. The summed E-state index contributed by atoms with van der Waals surface area (Å²) in [6.45, 7) is 4.11. The number of nitrogens with zero attached hydrogens (tertiary/aromatic N) is 2. The number of furan rings is 1. The van der Waals surface area contributed by atoms with Crippen LogP contribution in [0.4, 0.5) is 11.5 Å². The fraction of sp³-hybridized carbons (Fsp3) is 0.211. The molecule has 0 saturated heterocycles. The van der Waals surface area contributed by atoms with Crippen molar-refractivity contribution < 1.29 is 14.3 Å². The maximum Gasteiger partial charge on any atom is 0.335 e. The number of rotatable bonds is 6. The first-order valence-corrected chi connectivity index (χ1v) is 9.07. The minimum Gasteiger partial charge on any atom is -0.478 e. The monoisotopic (exact) mass is 415 g/mol. The molecule has 7 heteroatoms. The molecule has 0 amide bonds. The fourth-order valence-electron chi connectivity index (χ4n) is 2.68. The largest absolute Gasteiger partial charge is 0.478 e. The molecule has 1 aromatic carbocycles. The SMILES string of the molecule is CCc1nc(-c2ccc(Br)o2)nc(Nc2ccc(C(=O)O)cc2)c1CC. The van der Waals surface area contributed by atoms with Gasteiger partial charge in [-0.15, -0.1) is 0 Å². The van der Waals surface area contributed by atoms with Gasteiger partial charge in [0.2, 0.25) is 0 Å². The zero-order valence-electron chi connectivity index (χ0n) is 14.4. The Balaban J connectivity index is 2.02. The second kappa shape index (κ2) is 7.70. The number of hydrogen-bond donors (Lipinski definition) is 2. The zero-order chi connectivity index (χ0) is 18.7. The van der Waals surface area contributed by atoms with Crippen LogP contribution < -0.4 is 5.32 Å². The van der Waals surface area contributed by atoms with E-state index in [1.807, 2.05) is 6.07 Å². The number of aromatic nitrogens is 2. The van der Waals surface area contributed by atoms with Crippen LogP contribution in [-0.4, -0.2) is 21.0 Å². The van der Waals surface area contributed by atoms with Gasteiger partial charge >= 0.3 is 5.97 Å². The Labute approximate surface area is 159 Å². The first-order chi connectivity index (χ1) is 12.5. The number of aromatic carboxylic acids is 1. The first-order valence-electron chi connectivity index (χ1n) is 8.27. The van der Waals surface area contributed by atoms with E-state index in [4.69, 9.17) is 9.52 Å². The molecular formula is C19H18BrN3O3. The summed E-state index contributed by atoms with van der Waals surface area (Å²) < 4.78 is 6.21. The highest BCUT2D eigenvalue weighted by Gasteiger charge is 2.16. The summed E-state index contributed by atoms with van der Waals surface area (Å²) in [5.74, 6) is 0.838. The van der Waals surface area contributed by atoms with Gasteiger partial charge in [-0.05, 0) is 65.2 Å². The maximum absolute atomic E-state index is 11.0. The zero-order valence-corrected chi connectivity index (χ0v) is 16.0. The van der Waals surface area contributed by atoms with Gasteiger partial charge in [0.05, 0.1) is 5.56 Å². The third-order valence-electron chi connectivity index (χ3n) is 3.97. The molecule has 3 rings (SSSR count). The van der Waals surface area contributed by atoms with Crippen LogP contribution in [0.1, 0.15) is 35.5 Å². The molecule has 0 radical (unpaired) electrons. The number of halogens is 1. The van der Waals surface area contributed by atoms with E-state index in [0.29, 0.717) is 22.1 Å². The highest BCUT2D eigenvalue weighted by atomic mass is 79.9. The van der Waals surface area contributed by atoms with Gasteiger partial charge in [0.25, 0.3) is 0 Å². The van der Waals surface area contributed by atoms with E-state index in [1.165, 1.54) is 0 Å². The van der Waals surface area contributed by atoms with Gasteiger partial charge in [-0.1, -0.05) is 13.8 Å². The van der Waals surface area contributed by atoms with E-state index < -0.39 is 5.97 Å². The van der Waals surface area contributed by atoms with E-state index in [-0.39, 0.29) is 5.56 Å². The van der Waals surface area contributed by atoms with Crippen molar-refractivity contribution in [3.8, 4) is 11.6 Å².